The maximum absolute atomic E-state index is 13.0. The monoisotopic (exact) mass is 419 g/mol. The van der Waals surface area contributed by atoms with E-state index in [1.54, 1.807) is 0 Å². The zero-order chi connectivity index (χ0) is 21.0. The molecule has 8 heteroatoms. The molecule has 4 heterocycles. The zero-order valence-electron chi connectivity index (χ0n) is 17.3. The highest BCUT2D eigenvalue weighted by atomic mass is 16.6. The molecule has 160 valence electrons. The van der Waals surface area contributed by atoms with Crippen molar-refractivity contribution in [2.24, 2.45) is 5.41 Å². The van der Waals surface area contributed by atoms with Crippen LogP contribution in [0.15, 0.2) is 30.6 Å². The second-order valence-corrected chi connectivity index (χ2v) is 9.07. The van der Waals surface area contributed by atoms with Gasteiger partial charge in [0.15, 0.2) is 5.69 Å². The van der Waals surface area contributed by atoms with Crippen LogP contribution in [0.2, 0.25) is 0 Å². The second-order valence-electron chi connectivity index (χ2n) is 9.07. The van der Waals surface area contributed by atoms with Gasteiger partial charge in [-0.15, -0.1) is 0 Å². The summed E-state index contributed by atoms with van der Waals surface area (Å²) in [6, 6.07) is 7.97. The summed E-state index contributed by atoms with van der Waals surface area (Å²) < 4.78 is 7.86. The van der Waals surface area contributed by atoms with E-state index in [4.69, 9.17) is 4.74 Å². The van der Waals surface area contributed by atoms with Crippen LogP contribution >= 0.6 is 0 Å². The van der Waals surface area contributed by atoms with Gasteiger partial charge in [0.1, 0.15) is 6.10 Å². The number of likely N-dealkylation sites (tertiary alicyclic amines) is 1. The van der Waals surface area contributed by atoms with E-state index in [0.29, 0.717) is 44.6 Å². The van der Waals surface area contributed by atoms with Crippen LogP contribution < -0.4 is 0 Å². The topological polar surface area (TPSA) is 93.1 Å². The van der Waals surface area contributed by atoms with Crippen molar-refractivity contribution in [2.45, 2.75) is 51.2 Å². The number of hydrogen-bond acceptors (Lipinski definition) is 5. The third-order valence-electron chi connectivity index (χ3n) is 7.27. The molecule has 1 amide bonds. The summed E-state index contributed by atoms with van der Waals surface area (Å²) in [5, 5.41) is 7.30. The minimum absolute atomic E-state index is 0.0120. The third kappa shape index (κ3) is 2.96. The van der Waals surface area contributed by atoms with Gasteiger partial charge in [0.25, 0.3) is 5.91 Å². The van der Waals surface area contributed by atoms with Crippen LogP contribution in [0.3, 0.4) is 0 Å². The summed E-state index contributed by atoms with van der Waals surface area (Å²) >= 11 is 0. The van der Waals surface area contributed by atoms with E-state index in [1.807, 2.05) is 35.5 Å². The van der Waals surface area contributed by atoms with Crippen LogP contribution in [0, 0.1) is 5.41 Å². The summed E-state index contributed by atoms with van der Waals surface area (Å²) in [6.45, 7) is 1.74. The SMILES string of the molecule is O=C(c1n[nH]c2c1CCC2)N1CCC2(CC1)CC(Cn1cnc3ccccc31)OC2=O. The van der Waals surface area contributed by atoms with E-state index in [1.165, 1.54) is 0 Å². The number of para-hydroxylation sites is 2. The van der Waals surface area contributed by atoms with Gasteiger partial charge in [-0.2, -0.15) is 5.10 Å². The highest BCUT2D eigenvalue weighted by molar-refractivity contribution is 5.94. The quantitative estimate of drug-likeness (QED) is 0.659. The summed E-state index contributed by atoms with van der Waals surface area (Å²) in [5.41, 5.74) is 4.27. The van der Waals surface area contributed by atoms with Crippen LogP contribution in [0.5, 0.6) is 0 Å². The lowest BCUT2D eigenvalue weighted by Gasteiger charge is -2.36. The molecule has 1 aromatic carbocycles. The Kier molecular flexibility index (Phi) is 4.16. The zero-order valence-corrected chi connectivity index (χ0v) is 17.3. The number of aryl methyl sites for hydroxylation is 1. The van der Waals surface area contributed by atoms with Gasteiger partial charge in [-0.25, -0.2) is 4.98 Å². The van der Waals surface area contributed by atoms with E-state index >= 15 is 0 Å². The number of imidazole rings is 1. The van der Waals surface area contributed by atoms with Crippen LogP contribution in [-0.4, -0.2) is 55.7 Å². The number of carbonyl (C=O) groups is 2. The Hall–Kier alpha value is -3.16. The van der Waals surface area contributed by atoms with Gasteiger partial charge in [0.05, 0.1) is 29.3 Å². The molecule has 1 atom stereocenters. The summed E-state index contributed by atoms with van der Waals surface area (Å²) in [7, 11) is 0. The minimum atomic E-state index is -0.481. The molecule has 1 N–H and O–H groups in total. The van der Waals surface area contributed by atoms with Crippen LogP contribution in [-0.2, 0) is 28.9 Å². The molecule has 31 heavy (non-hydrogen) atoms. The number of benzene rings is 1. The van der Waals surface area contributed by atoms with Crippen LogP contribution in [0.4, 0.5) is 0 Å². The number of hydrogen-bond donors (Lipinski definition) is 1. The Balaban J connectivity index is 1.13. The standard InChI is InChI=1S/C23H25N5O3/c29-21(20-16-4-3-6-17(16)25-26-20)27-10-8-23(9-11-27)12-15(31-22(23)30)13-28-14-24-18-5-1-2-7-19(18)28/h1-2,5,7,14-15H,3-4,6,8-13H2,(H,25,26). The number of aromatic nitrogens is 4. The number of H-pyrrole nitrogens is 1. The lowest BCUT2D eigenvalue weighted by molar-refractivity contribution is -0.150. The molecule has 3 aromatic rings. The van der Waals surface area contributed by atoms with Crippen molar-refractivity contribution in [1.29, 1.82) is 0 Å². The van der Waals surface area contributed by atoms with E-state index < -0.39 is 5.41 Å². The van der Waals surface area contributed by atoms with Gasteiger partial charge in [0.2, 0.25) is 0 Å². The Morgan fingerprint density at radius 1 is 1.23 bits per heavy atom. The largest absolute Gasteiger partial charge is 0.460 e. The number of cyclic esters (lactones) is 1. The van der Waals surface area contributed by atoms with Crippen molar-refractivity contribution >= 4 is 22.9 Å². The van der Waals surface area contributed by atoms with E-state index in [-0.39, 0.29) is 18.0 Å². The molecular weight excluding hydrogens is 394 g/mol. The molecule has 0 saturated carbocycles. The molecule has 2 fully saturated rings. The van der Waals surface area contributed by atoms with Crippen molar-refractivity contribution in [3.63, 3.8) is 0 Å². The molecule has 0 bridgehead atoms. The number of aromatic amines is 1. The molecule has 0 radical (unpaired) electrons. The lowest BCUT2D eigenvalue weighted by atomic mass is 9.76. The van der Waals surface area contributed by atoms with Gasteiger partial charge in [-0.3, -0.25) is 14.7 Å². The molecule has 2 aromatic heterocycles. The van der Waals surface area contributed by atoms with Crippen molar-refractivity contribution in [2.75, 3.05) is 13.1 Å². The predicted molar refractivity (Wildman–Crippen MR) is 112 cm³/mol. The number of rotatable bonds is 3. The van der Waals surface area contributed by atoms with Crippen molar-refractivity contribution in [3.05, 3.63) is 47.5 Å². The van der Waals surface area contributed by atoms with Crippen molar-refractivity contribution in [1.82, 2.24) is 24.6 Å². The maximum atomic E-state index is 13.0. The van der Waals surface area contributed by atoms with Crippen LogP contribution in [0.25, 0.3) is 11.0 Å². The Bertz CT molecular complexity index is 1170. The lowest BCUT2D eigenvalue weighted by Crippen LogP contribution is -2.45. The summed E-state index contributed by atoms with van der Waals surface area (Å²) in [6.07, 6.45) is 6.59. The molecule has 3 aliphatic rings. The minimum Gasteiger partial charge on any atom is -0.460 e. The first-order chi connectivity index (χ1) is 15.1. The smallest absolute Gasteiger partial charge is 0.312 e. The number of esters is 1. The number of amides is 1. The normalized spacial score (nSPS) is 22.3. The Morgan fingerprint density at radius 3 is 2.94 bits per heavy atom. The first-order valence-electron chi connectivity index (χ1n) is 11.1. The molecule has 1 aliphatic carbocycles. The van der Waals surface area contributed by atoms with Gasteiger partial charge in [-0.05, 0) is 44.2 Å². The van der Waals surface area contributed by atoms with E-state index in [0.717, 1.165) is 41.6 Å². The van der Waals surface area contributed by atoms with Crippen molar-refractivity contribution < 1.29 is 14.3 Å². The summed E-state index contributed by atoms with van der Waals surface area (Å²) in [4.78, 5) is 32.2. The Labute approximate surface area is 179 Å². The average molecular weight is 419 g/mol. The van der Waals surface area contributed by atoms with E-state index in [2.05, 4.69) is 19.7 Å². The molecule has 1 spiro atoms. The van der Waals surface area contributed by atoms with Crippen molar-refractivity contribution in [3.8, 4) is 0 Å². The molecule has 6 rings (SSSR count). The van der Waals surface area contributed by atoms with Gasteiger partial charge in [0, 0.05) is 30.8 Å². The fourth-order valence-corrected chi connectivity index (χ4v) is 5.51. The Morgan fingerprint density at radius 2 is 2.06 bits per heavy atom. The maximum Gasteiger partial charge on any atom is 0.312 e. The van der Waals surface area contributed by atoms with Crippen LogP contribution in [0.1, 0.15) is 47.4 Å². The predicted octanol–water partition coefficient (Wildman–Crippen LogP) is 2.49. The molecular formula is C23H25N5O3. The second kappa shape index (κ2) is 6.93. The molecule has 1 unspecified atom stereocenters. The van der Waals surface area contributed by atoms with Gasteiger partial charge in [-0.1, -0.05) is 12.1 Å². The highest BCUT2D eigenvalue weighted by Crippen LogP contribution is 2.44. The average Bonchev–Trinajstić information content (AvgIpc) is 3.54. The fraction of sp³-hybridized carbons (Fsp3) is 0.478. The number of fused-ring (bicyclic) bond motifs is 2. The van der Waals surface area contributed by atoms with E-state index in [9.17, 15) is 9.59 Å². The highest BCUT2D eigenvalue weighted by Gasteiger charge is 2.51. The first kappa shape index (κ1) is 18.6. The third-order valence-corrected chi connectivity index (χ3v) is 7.27. The molecule has 2 saturated heterocycles. The fourth-order valence-electron chi connectivity index (χ4n) is 5.51. The molecule has 2 aliphatic heterocycles. The summed E-state index contributed by atoms with van der Waals surface area (Å²) in [5.74, 6) is -0.128. The van der Waals surface area contributed by atoms with Gasteiger partial charge < -0.3 is 14.2 Å². The number of carbonyl (C=O) groups excluding carboxylic acids is 2. The first-order valence-corrected chi connectivity index (χ1v) is 11.1. The number of ether oxygens (including phenoxy) is 1. The number of piperidine rings is 1. The number of nitrogens with zero attached hydrogens (tertiary/aromatic N) is 4. The van der Waals surface area contributed by atoms with Gasteiger partial charge >= 0.3 is 5.97 Å². The number of nitrogens with one attached hydrogen (secondary N) is 1. The molecule has 8 nitrogen and oxygen atoms in total.